The van der Waals surface area contributed by atoms with Crippen LogP contribution in [0.3, 0.4) is 0 Å². The molecule has 0 aromatic heterocycles. The summed E-state index contributed by atoms with van der Waals surface area (Å²) >= 11 is 0. The van der Waals surface area contributed by atoms with Crippen LogP contribution in [-0.4, -0.2) is 11.1 Å². The Morgan fingerprint density at radius 2 is 2.00 bits per heavy atom. The van der Waals surface area contributed by atoms with Crippen molar-refractivity contribution in [2.75, 3.05) is 0 Å². The van der Waals surface area contributed by atoms with Crippen LogP contribution in [0.4, 0.5) is 0 Å². The molecule has 0 aliphatic rings. The van der Waals surface area contributed by atoms with Gasteiger partial charge in [0.2, 0.25) is 0 Å². The summed E-state index contributed by atoms with van der Waals surface area (Å²) in [5.74, 6) is -0.809. The normalized spacial score (nSPS) is 9.67. The minimum atomic E-state index is -0.809. The molecule has 0 atom stereocenters. The van der Waals surface area contributed by atoms with Crippen LogP contribution in [0.2, 0.25) is 0 Å². The molecular formula is C8H16Na2O2. The molecule has 0 aromatic rings. The quantitative estimate of drug-likeness (QED) is 0.283. The summed E-state index contributed by atoms with van der Waals surface area (Å²) in [5.41, 5.74) is 0.452. The molecule has 62 valence electrons. The van der Waals surface area contributed by atoms with Gasteiger partial charge < -0.3 is 7.96 Å². The van der Waals surface area contributed by atoms with Crippen LogP contribution in [0.5, 0.6) is 0 Å². The Bertz CT molecular complexity index is 152. The van der Waals surface area contributed by atoms with E-state index in [2.05, 4.69) is 6.92 Å². The number of carboxylic acid groups (broad SMARTS) is 1. The zero-order valence-corrected chi connectivity index (χ0v) is 12.6. The minimum absolute atomic E-state index is 0. The van der Waals surface area contributed by atoms with Gasteiger partial charge in [-0.25, -0.2) is 4.79 Å². The maximum Gasteiger partial charge on any atom is 1.00 e. The van der Waals surface area contributed by atoms with Crippen molar-refractivity contribution in [2.24, 2.45) is 0 Å². The van der Waals surface area contributed by atoms with Crippen molar-refractivity contribution in [3.63, 3.8) is 0 Å². The van der Waals surface area contributed by atoms with Crippen LogP contribution >= 0.6 is 0 Å². The molecular weight excluding hydrogens is 174 g/mol. The van der Waals surface area contributed by atoms with Gasteiger partial charge in [-0.05, 0) is 13.3 Å². The number of allylic oxidation sites excluding steroid dienone is 1. The third-order valence-electron chi connectivity index (χ3n) is 1.35. The van der Waals surface area contributed by atoms with Gasteiger partial charge in [-0.3, -0.25) is 0 Å². The summed E-state index contributed by atoms with van der Waals surface area (Å²) in [7, 11) is 0. The van der Waals surface area contributed by atoms with E-state index in [-0.39, 0.29) is 62.0 Å². The second kappa shape index (κ2) is 12.2. The van der Waals surface area contributed by atoms with Crippen LogP contribution in [0.25, 0.3) is 0 Å². The van der Waals surface area contributed by atoms with Crippen LogP contribution in [-0.2, 0) is 4.79 Å². The number of carboxylic acids is 1. The predicted octanol–water partition coefficient (Wildman–Crippen LogP) is -3.56. The minimum Gasteiger partial charge on any atom is -1.00 e. The average Bonchev–Trinajstić information content (AvgIpc) is 1.88. The molecule has 0 spiro atoms. The molecule has 2 nitrogen and oxygen atoms in total. The fraction of sp³-hybridized carbons (Fsp3) is 0.625. The summed E-state index contributed by atoms with van der Waals surface area (Å²) in [6.07, 6.45) is 4.84. The number of rotatable bonds is 4. The number of hydrogen-bond donors (Lipinski definition) is 1. The summed E-state index contributed by atoms with van der Waals surface area (Å²) in [5, 5.41) is 8.41. The zero-order chi connectivity index (χ0) is 7.98. The molecule has 1 N–H and O–H groups in total. The van der Waals surface area contributed by atoms with Crippen molar-refractivity contribution in [1.29, 1.82) is 0 Å². The fourth-order valence-electron chi connectivity index (χ4n) is 0.610. The Hall–Kier alpha value is 1.21. The number of unbranched alkanes of at least 4 members (excludes halogenated alkanes) is 2. The average molecular weight is 190 g/mol. The topological polar surface area (TPSA) is 37.3 Å². The maximum absolute atomic E-state index is 10.2. The van der Waals surface area contributed by atoms with E-state index in [0.717, 1.165) is 19.3 Å². The van der Waals surface area contributed by atoms with Gasteiger partial charge >= 0.3 is 65.1 Å². The van der Waals surface area contributed by atoms with Crippen LogP contribution in [0.1, 0.15) is 36.0 Å². The largest absolute Gasteiger partial charge is 1.00 e. The van der Waals surface area contributed by atoms with Gasteiger partial charge in [0, 0.05) is 5.57 Å². The molecule has 0 radical (unpaired) electrons. The van der Waals surface area contributed by atoms with E-state index in [4.69, 9.17) is 5.11 Å². The van der Waals surface area contributed by atoms with Gasteiger partial charge in [0.1, 0.15) is 0 Å². The second-order valence-electron chi connectivity index (χ2n) is 2.33. The van der Waals surface area contributed by atoms with Crippen LogP contribution < -0.4 is 59.1 Å². The SMILES string of the molecule is CCCCC=C(C)C(=O)O.[H-].[H-].[Na+].[Na+]. The Balaban J connectivity index is -0.0000000675. The third-order valence-corrected chi connectivity index (χ3v) is 1.35. The first-order valence-electron chi connectivity index (χ1n) is 3.58. The molecule has 0 amide bonds. The molecule has 0 aliphatic carbocycles. The number of aliphatic carboxylic acids is 1. The van der Waals surface area contributed by atoms with E-state index >= 15 is 0 Å². The van der Waals surface area contributed by atoms with Gasteiger partial charge in [0.25, 0.3) is 0 Å². The monoisotopic (exact) mass is 190 g/mol. The first-order chi connectivity index (χ1) is 4.68. The van der Waals surface area contributed by atoms with Crippen LogP contribution in [0, 0.1) is 0 Å². The summed E-state index contributed by atoms with van der Waals surface area (Å²) in [4.78, 5) is 10.2. The van der Waals surface area contributed by atoms with Crippen molar-refractivity contribution in [1.82, 2.24) is 0 Å². The maximum atomic E-state index is 10.2. The summed E-state index contributed by atoms with van der Waals surface area (Å²) in [6.45, 7) is 3.71. The smallest absolute Gasteiger partial charge is 1.00 e. The number of hydrogen-bond acceptors (Lipinski definition) is 1. The predicted molar refractivity (Wildman–Crippen MR) is 43.1 cm³/mol. The van der Waals surface area contributed by atoms with Gasteiger partial charge in [-0.1, -0.05) is 25.8 Å². The molecule has 0 fully saturated rings. The van der Waals surface area contributed by atoms with Gasteiger partial charge in [-0.2, -0.15) is 0 Å². The van der Waals surface area contributed by atoms with Crippen molar-refractivity contribution >= 4 is 5.97 Å². The molecule has 0 saturated heterocycles. The number of carbonyl (C=O) groups is 1. The molecule has 12 heavy (non-hydrogen) atoms. The van der Waals surface area contributed by atoms with Gasteiger partial charge in [0.15, 0.2) is 0 Å². The molecule has 0 bridgehead atoms. The molecule has 0 aliphatic heterocycles. The van der Waals surface area contributed by atoms with Crippen LogP contribution in [0.15, 0.2) is 11.6 Å². The first-order valence-corrected chi connectivity index (χ1v) is 3.58. The third kappa shape index (κ3) is 11.2. The van der Waals surface area contributed by atoms with E-state index in [9.17, 15) is 4.79 Å². The van der Waals surface area contributed by atoms with Crippen molar-refractivity contribution in [3.8, 4) is 0 Å². The van der Waals surface area contributed by atoms with Gasteiger partial charge in [-0.15, -0.1) is 0 Å². The van der Waals surface area contributed by atoms with Gasteiger partial charge in [0.05, 0.1) is 0 Å². The Morgan fingerprint density at radius 1 is 1.50 bits per heavy atom. The second-order valence-corrected chi connectivity index (χ2v) is 2.33. The molecule has 0 rings (SSSR count). The van der Waals surface area contributed by atoms with E-state index in [1.165, 1.54) is 0 Å². The zero-order valence-electron chi connectivity index (χ0n) is 10.6. The Morgan fingerprint density at radius 3 is 2.33 bits per heavy atom. The van der Waals surface area contributed by atoms with E-state index < -0.39 is 5.97 Å². The molecule has 0 heterocycles. The van der Waals surface area contributed by atoms with Crippen molar-refractivity contribution in [2.45, 2.75) is 33.1 Å². The van der Waals surface area contributed by atoms with Crippen molar-refractivity contribution < 1.29 is 71.9 Å². The summed E-state index contributed by atoms with van der Waals surface area (Å²) in [6, 6.07) is 0. The van der Waals surface area contributed by atoms with E-state index in [0.29, 0.717) is 5.57 Å². The molecule has 0 saturated carbocycles. The first kappa shape index (κ1) is 18.9. The standard InChI is InChI=1S/C8H14O2.2Na.2H/c1-3-4-5-6-7(2)8(9)10;;;;/h6H,3-5H2,1-2H3,(H,9,10);;;;/q;2*+1;2*-1. The Labute approximate surface area is 121 Å². The molecule has 4 heteroatoms. The fourth-order valence-corrected chi connectivity index (χ4v) is 0.610. The molecule has 0 unspecified atom stereocenters. The Kier molecular flexibility index (Phi) is 19.2. The van der Waals surface area contributed by atoms with E-state index in [1.807, 2.05) is 0 Å². The summed E-state index contributed by atoms with van der Waals surface area (Å²) < 4.78 is 0. The van der Waals surface area contributed by atoms with Crippen molar-refractivity contribution in [3.05, 3.63) is 11.6 Å². The molecule has 0 aromatic carbocycles. The van der Waals surface area contributed by atoms with E-state index in [1.54, 1.807) is 13.0 Å².